The molecular formula is C41H42BClN6O5. The summed E-state index contributed by atoms with van der Waals surface area (Å²) in [5.41, 5.74) is 5.76. The number of amides is 2. The van der Waals surface area contributed by atoms with Gasteiger partial charge < -0.3 is 25.0 Å². The first-order valence-corrected chi connectivity index (χ1v) is 18.1. The Labute approximate surface area is 320 Å². The molecule has 4 aromatic rings. The molecule has 0 aromatic heterocycles. The van der Waals surface area contributed by atoms with Crippen LogP contribution in [-0.2, 0) is 16.1 Å². The van der Waals surface area contributed by atoms with Gasteiger partial charge in [0, 0.05) is 41.9 Å². The summed E-state index contributed by atoms with van der Waals surface area (Å²) in [6.07, 6.45) is 4.71. The number of amidine groups is 2. The van der Waals surface area contributed by atoms with Crippen LogP contribution in [0.5, 0.6) is 5.75 Å². The molecule has 1 saturated heterocycles. The van der Waals surface area contributed by atoms with E-state index in [0.717, 1.165) is 29.5 Å². The first-order valence-electron chi connectivity index (χ1n) is 17.7. The van der Waals surface area contributed by atoms with Crippen molar-refractivity contribution in [3.8, 4) is 5.75 Å². The van der Waals surface area contributed by atoms with Crippen molar-refractivity contribution < 1.29 is 24.4 Å². The van der Waals surface area contributed by atoms with Gasteiger partial charge in [0.15, 0.2) is 0 Å². The fourth-order valence-corrected chi connectivity index (χ4v) is 6.99. The summed E-state index contributed by atoms with van der Waals surface area (Å²) in [5, 5.41) is 40.1. The molecule has 276 valence electrons. The zero-order chi connectivity index (χ0) is 38.4. The minimum atomic E-state index is -1.57. The second kappa shape index (κ2) is 17.1. The number of carbonyl (C=O) groups is 2. The summed E-state index contributed by atoms with van der Waals surface area (Å²) in [7, 11) is 0.00725. The number of nitrogens with zero attached hydrogens (tertiary/aromatic N) is 3. The lowest BCUT2D eigenvalue weighted by Gasteiger charge is -2.31. The average Bonchev–Trinajstić information content (AvgIpc) is 3.30. The van der Waals surface area contributed by atoms with E-state index in [1.807, 2.05) is 35.2 Å². The zero-order valence-corrected chi connectivity index (χ0v) is 30.9. The van der Waals surface area contributed by atoms with E-state index >= 15 is 0 Å². The highest BCUT2D eigenvalue weighted by Gasteiger charge is 2.32. The Morgan fingerprint density at radius 3 is 2.46 bits per heavy atom. The van der Waals surface area contributed by atoms with E-state index in [9.17, 15) is 19.6 Å². The van der Waals surface area contributed by atoms with E-state index in [1.165, 1.54) is 11.0 Å². The maximum absolute atomic E-state index is 13.5. The first kappa shape index (κ1) is 38.2. The van der Waals surface area contributed by atoms with Gasteiger partial charge in [-0.25, -0.2) is 0 Å². The van der Waals surface area contributed by atoms with Gasteiger partial charge in [-0.15, -0.1) is 0 Å². The number of piperidine rings is 1. The molecule has 0 aliphatic carbocycles. The Hall–Kier alpha value is -5.56. The van der Waals surface area contributed by atoms with E-state index in [4.69, 9.17) is 32.1 Å². The van der Waals surface area contributed by atoms with Crippen molar-refractivity contribution in [1.82, 2.24) is 10.2 Å². The quantitative estimate of drug-likeness (QED) is 0.0653. The summed E-state index contributed by atoms with van der Waals surface area (Å²) in [5.74, 6) is 0.636. The van der Waals surface area contributed by atoms with Crippen LogP contribution in [0.1, 0.15) is 59.9 Å². The van der Waals surface area contributed by atoms with Gasteiger partial charge in [-0.3, -0.25) is 30.3 Å². The summed E-state index contributed by atoms with van der Waals surface area (Å²) in [4.78, 5) is 34.7. The normalized spacial score (nSPS) is 16.1. The minimum Gasteiger partial charge on any atom is -0.497 e. The smallest absolute Gasteiger partial charge is 0.488 e. The van der Waals surface area contributed by atoms with E-state index in [1.54, 1.807) is 68.6 Å². The minimum absolute atomic E-state index is 0.0195. The highest BCUT2D eigenvalue weighted by Crippen LogP contribution is 2.33. The van der Waals surface area contributed by atoms with Crippen molar-refractivity contribution in [2.45, 2.75) is 44.7 Å². The molecule has 1 atom stereocenters. The van der Waals surface area contributed by atoms with Crippen LogP contribution in [0, 0.1) is 10.8 Å². The van der Waals surface area contributed by atoms with Crippen LogP contribution in [0.3, 0.4) is 0 Å². The fraction of sp³-hybridized carbons (Fsp3) is 0.244. The van der Waals surface area contributed by atoms with Crippen LogP contribution >= 0.6 is 11.6 Å². The second-order valence-corrected chi connectivity index (χ2v) is 13.8. The number of ether oxygens (including phenoxy) is 1. The van der Waals surface area contributed by atoms with Gasteiger partial charge in [-0.2, -0.15) is 0 Å². The molecule has 2 amide bonds. The van der Waals surface area contributed by atoms with Gasteiger partial charge in [-0.1, -0.05) is 72.3 Å². The molecule has 1 fully saturated rings. The molecule has 2 aliphatic heterocycles. The number of hydrogen-bond donors (Lipinski definition) is 5. The number of hydrogen-bond acceptors (Lipinski definition) is 8. The van der Waals surface area contributed by atoms with Gasteiger partial charge in [0.2, 0.25) is 11.8 Å². The number of rotatable bonds is 10. The van der Waals surface area contributed by atoms with Crippen molar-refractivity contribution >= 4 is 65.1 Å². The molecule has 4 aromatic carbocycles. The third kappa shape index (κ3) is 8.96. The lowest BCUT2D eigenvalue weighted by molar-refractivity contribution is -0.127. The third-order valence-corrected chi connectivity index (χ3v) is 9.97. The third-order valence-electron chi connectivity index (χ3n) is 9.72. The summed E-state index contributed by atoms with van der Waals surface area (Å²) >= 11 is 6.20. The van der Waals surface area contributed by atoms with Crippen LogP contribution < -0.4 is 20.4 Å². The Bertz CT molecular complexity index is 2110. The highest BCUT2D eigenvalue weighted by atomic mass is 35.5. The van der Waals surface area contributed by atoms with Gasteiger partial charge >= 0.3 is 7.12 Å². The van der Waals surface area contributed by atoms with Gasteiger partial charge in [-0.05, 0) is 84.2 Å². The Balaban J connectivity index is 1.10. The molecule has 2 aliphatic rings. The largest absolute Gasteiger partial charge is 0.497 e. The molecule has 0 saturated carbocycles. The number of anilines is 1. The maximum Gasteiger partial charge on any atom is 0.488 e. The number of aliphatic imine (C=N–C) groups is 1. The number of fused-ring (bicyclic) bond motifs is 1. The number of carbonyl (C=O) groups excluding carboxylic acids is 2. The van der Waals surface area contributed by atoms with Crippen LogP contribution in [-0.4, -0.2) is 77.5 Å². The van der Waals surface area contributed by atoms with Crippen LogP contribution in [0.2, 0.25) is 5.02 Å². The summed E-state index contributed by atoms with van der Waals surface area (Å²) < 4.78 is 5.51. The van der Waals surface area contributed by atoms with E-state index in [0.29, 0.717) is 58.4 Å². The zero-order valence-electron chi connectivity index (χ0n) is 30.1. The van der Waals surface area contributed by atoms with Gasteiger partial charge in [0.25, 0.3) is 0 Å². The molecule has 0 spiro atoms. The van der Waals surface area contributed by atoms with E-state index in [2.05, 4.69) is 17.4 Å². The van der Waals surface area contributed by atoms with E-state index in [-0.39, 0.29) is 35.8 Å². The summed E-state index contributed by atoms with van der Waals surface area (Å²) in [6.45, 7) is 3.12. The SMILES string of the molecule is COc1ccc2c(c1)C(c1ccc(Cl)cc1)=N[C@@H](CC(=O)NCc1cccc(C3CCN(C(=O)C=Cc4cccc(B(O)O)c4)CC3)c1)C(=N)N2C(C)=N. The molecule has 5 N–H and O–H groups in total. The number of methoxy groups -OCH3 is 1. The van der Waals surface area contributed by atoms with Crippen LogP contribution in [0.15, 0.2) is 102 Å². The fourth-order valence-electron chi connectivity index (χ4n) is 6.87. The van der Waals surface area contributed by atoms with Gasteiger partial charge in [0.05, 0.1) is 24.9 Å². The Morgan fingerprint density at radius 1 is 1.02 bits per heavy atom. The lowest BCUT2D eigenvalue weighted by Crippen LogP contribution is -2.42. The Morgan fingerprint density at radius 2 is 1.76 bits per heavy atom. The molecule has 54 heavy (non-hydrogen) atoms. The molecule has 0 unspecified atom stereocenters. The second-order valence-electron chi connectivity index (χ2n) is 13.4. The predicted molar refractivity (Wildman–Crippen MR) is 214 cm³/mol. The van der Waals surface area contributed by atoms with Crippen molar-refractivity contribution in [1.29, 1.82) is 10.8 Å². The number of benzene rings is 4. The molecule has 13 heteroatoms. The van der Waals surface area contributed by atoms with Crippen molar-refractivity contribution in [3.05, 3.63) is 130 Å². The number of likely N-dealkylation sites (tertiary alicyclic amines) is 1. The molecule has 0 radical (unpaired) electrons. The standard InChI is InChI=1S/C41H42BClN6O5/c1-26(44)49-37-15-14-34(54-2)23-35(37)40(30-10-12-33(43)13-11-30)47-36(41(49)45)24-38(50)46-25-28-6-3-7-31(21-28)29-17-19-48(20-18-29)39(51)16-9-27-5-4-8-32(22-27)42(52)53/h3-16,21-23,29,36,44-45,52-53H,17-20,24-25H2,1-2H3,(H,46,50)/t36-/m0/s1. The van der Waals surface area contributed by atoms with E-state index < -0.39 is 13.2 Å². The van der Waals surface area contributed by atoms with Crippen molar-refractivity contribution in [3.63, 3.8) is 0 Å². The molecular weight excluding hydrogens is 703 g/mol. The highest BCUT2D eigenvalue weighted by molar-refractivity contribution is 6.58. The molecule has 11 nitrogen and oxygen atoms in total. The monoisotopic (exact) mass is 744 g/mol. The van der Waals surface area contributed by atoms with Crippen molar-refractivity contribution in [2.24, 2.45) is 4.99 Å². The van der Waals surface area contributed by atoms with Crippen molar-refractivity contribution in [2.75, 3.05) is 25.1 Å². The Kier molecular flexibility index (Phi) is 12.1. The predicted octanol–water partition coefficient (Wildman–Crippen LogP) is 5.15. The topological polar surface area (TPSA) is 162 Å². The number of halogens is 1. The van der Waals surface area contributed by atoms with Crippen LogP contribution in [0.4, 0.5) is 5.69 Å². The molecule has 6 rings (SSSR count). The summed E-state index contributed by atoms with van der Waals surface area (Å²) in [6, 6.07) is 26.6. The van der Waals surface area contributed by atoms with Gasteiger partial charge in [0.1, 0.15) is 23.5 Å². The van der Waals surface area contributed by atoms with Crippen LogP contribution in [0.25, 0.3) is 6.08 Å². The first-order chi connectivity index (χ1) is 26.0. The molecule has 0 bridgehead atoms. The lowest BCUT2D eigenvalue weighted by atomic mass is 9.79. The number of benzodiazepines with no additional fused rings is 1. The molecule has 2 heterocycles. The average molecular weight is 745 g/mol. The maximum atomic E-state index is 13.5. The number of nitrogens with one attached hydrogen (secondary N) is 3.